The van der Waals surface area contributed by atoms with Crippen molar-refractivity contribution in [3.8, 4) is 0 Å². The van der Waals surface area contributed by atoms with E-state index in [-0.39, 0.29) is 12.0 Å². The summed E-state index contributed by atoms with van der Waals surface area (Å²) < 4.78 is 28.1. The second kappa shape index (κ2) is 8.80. The minimum absolute atomic E-state index is 0.140. The highest BCUT2D eigenvalue weighted by atomic mass is 16.7. The summed E-state index contributed by atoms with van der Waals surface area (Å²) in [6, 6.07) is 0. The molecule has 0 radical (unpaired) electrons. The summed E-state index contributed by atoms with van der Waals surface area (Å²) in [5.74, 6) is -3.03. The normalized spacial score (nSPS) is 52.4. The number of fused-ring (bicyclic) bond motifs is 2. The van der Waals surface area contributed by atoms with Crippen molar-refractivity contribution in [1.29, 1.82) is 0 Å². The first-order valence-corrected chi connectivity index (χ1v) is 13.1. The SMILES string of the molecule is C[C@@]12C[C@@H](C3=CC(=O)O[C@H]3O)OC(=O)[C@@H]1CC[C@]1(C)[C@H]2[C@H]2C=C[C@]1(O[C@@H]1O[C@H](CO)[C@@H](O)[C@H](O)[C@H]1O)C(=O)O2. The molecular weight excluding hydrogens is 520 g/mol. The van der Waals surface area contributed by atoms with Gasteiger partial charge < -0.3 is 49.2 Å². The monoisotopic (exact) mass is 552 g/mol. The van der Waals surface area contributed by atoms with Gasteiger partial charge in [0, 0.05) is 23.0 Å². The molecule has 13 nitrogen and oxygen atoms in total. The number of cyclic esters (lactones) is 2. The van der Waals surface area contributed by atoms with Crippen molar-refractivity contribution >= 4 is 17.9 Å². The Morgan fingerprint density at radius 3 is 2.41 bits per heavy atom. The number of aliphatic hydroxyl groups excluding tert-OH is 5. The Hall–Kier alpha value is -2.39. The molecule has 214 valence electrons. The smallest absolute Gasteiger partial charge is 0.343 e. The lowest BCUT2D eigenvalue weighted by atomic mass is 9.42. The Morgan fingerprint density at radius 2 is 1.77 bits per heavy atom. The van der Waals surface area contributed by atoms with Crippen LogP contribution in [0.2, 0.25) is 0 Å². The van der Waals surface area contributed by atoms with Crippen LogP contribution in [0, 0.1) is 22.7 Å². The van der Waals surface area contributed by atoms with E-state index in [1.165, 1.54) is 0 Å². The minimum atomic E-state index is -1.80. The van der Waals surface area contributed by atoms with Crippen molar-refractivity contribution in [2.24, 2.45) is 22.7 Å². The molecule has 0 spiro atoms. The van der Waals surface area contributed by atoms with Crippen LogP contribution in [0.15, 0.2) is 23.8 Å². The molecule has 13 heteroatoms. The summed E-state index contributed by atoms with van der Waals surface area (Å²) in [5, 5.41) is 51.0. The summed E-state index contributed by atoms with van der Waals surface area (Å²) >= 11 is 0. The highest BCUT2D eigenvalue weighted by Crippen LogP contribution is 2.68. The predicted octanol–water partition coefficient (Wildman–Crippen LogP) is -1.81. The molecule has 5 N–H and O–H groups in total. The lowest BCUT2D eigenvalue weighted by molar-refractivity contribution is -0.350. The molecule has 7 aliphatic rings. The highest BCUT2D eigenvalue weighted by molar-refractivity contribution is 5.87. The number of carbonyl (C=O) groups is 3. The molecule has 7 rings (SSSR count). The van der Waals surface area contributed by atoms with Crippen molar-refractivity contribution in [1.82, 2.24) is 0 Å². The van der Waals surface area contributed by atoms with Crippen LogP contribution in [0.3, 0.4) is 0 Å². The summed E-state index contributed by atoms with van der Waals surface area (Å²) in [7, 11) is 0. The van der Waals surface area contributed by atoms with E-state index < -0.39 is 102 Å². The van der Waals surface area contributed by atoms with Crippen molar-refractivity contribution in [2.75, 3.05) is 6.61 Å². The van der Waals surface area contributed by atoms with Crippen LogP contribution < -0.4 is 0 Å². The van der Waals surface area contributed by atoms with E-state index in [1.54, 1.807) is 12.2 Å². The molecule has 5 heterocycles. The summed E-state index contributed by atoms with van der Waals surface area (Å²) in [6.07, 6.45) is -5.88. The maximum absolute atomic E-state index is 13.5. The van der Waals surface area contributed by atoms with E-state index >= 15 is 0 Å². The second-order valence-electron chi connectivity index (χ2n) is 11.8. The van der Waals surface area contributed by atoms with Crippen molar-refractivity contribution in [3.63, 3.8) is 0 Å². The predicted molar refractivity (Wildman–Crippen MR) is 124 cm³/mol. The van der Waals surface area contributed by atoms with Crippen LogP contribution in [-0.2, 0) is 38.1 Å². The summed E-state index contributed by atoms with van der Waals surface area (Å²) in [5.41, 5.74) is -3.50. The van der Waals surface area contributed by atoms with E-state index in [1.807, 2.05) is 13.8 Å². The molecule has 0 amide bonds. The van der Waals surface area contributed by atoms with Gasteiger partial charge in [-0.05, 0) is 36.8 Å². The van der Waals surface area contributed by atoms with Crippen LogP contribution in [-0.4, -0.2) is 105 Å². The average molecular weight is 553 g/mol. The number of hydrogen-bond acceptors (Lipinski definition) is 13. The quantitative estimate of drug-likeness (QED) is 0.149. The Balaban J connectivity index is 1.37. The van der Waals surface area contributed by atoms with E-state index in [2.05, 4.69) is 0 Å². The van der Waals surface area contributed by atoms with Gasteiger partial charge in [0.25, 0.3) is 0 Å². The first-order chi connectivity index (χ1) is 18.4. The maximum Gasteiger partial charge on any atom is 0.343 e. The topological polar surface area (TPSA) is 199 Å². The fraction of sp³-hybridized carbons (Fsp3) is 0.731. The van der Waals surface area contributed by atoms with Crippen LogP contribution in [0.1, 0.15) is 33.1 Å². The number of esters is 3. The first kappa shape index (κ1) is 26.8. The zero-order valence-corrected chi connectivity index (χ0v) is 21.3. The van der Waals surface area contributed by atoms with Gasteiger partial charge in [-0.2, -0.15) is 0 Å². The fourth-order valence-electron chi connectivity index (χ4n) is 7.93. The average Bonchev–Trinajstić information content (AvgIpc) is 3.22. The van der Waals surface area contributed by atoms with Gasteiger partial charge in [0.15, 0.2) is 11.9 Å². The Bertz CT molecular complexity index is 1150. The van der Waals surface area contributed by atoms with Gasteiger partial charge >= 0.3 is 17.9 Å². The molecule has 3 saturated heterocycles. The van der Waals surface area contributed by atoms with E-state index in [9.17, 15) is 39.9 Å². The zero-order chi connectivity index (χ0) is 28.1. The molecule has 1 saturated carbocycles. The number of aliphatic hydroxyl groups is 5. The van der Waals surface area contributed by atoms with Crippen LogP contribution in [0.4, 0.5) is 0 Å². The molecule has 0 aromatic rings. The molecule has 2 bridgehead atoms. The third kappa shape index (κ3) is 3.54. The zero-order valence-electron chi connectivity index (χ0n) is 21.3. The molecule has 13 atom stereocenters. The Labute approximate surface area is 222 Å². The second-order valence-corrected chi connectivity index (χ2v) is 11.8. The third-order valence-corrected chi connectivity index (χ3v) is 9.88. The van der Waals surface area contributed by atoms with Crippen molar-refractivity contribution < 1.29 is 63.6 Å². The van der Waals surface area contributed by atoms with E-state index in [0.29, 0.717) is 12.8 Å². The lowest BCUT2D eigenvalue weighted by Gasteiger charge is -2.67. The molecule has 39 heavy (non-hydrogen) atoms. The molecule has 2 aliphatic carbocycles. The summed E-state index contributed by atoms with van der Waals surface area (Å²) in [4.78, 5) is 38.5. The van der Waals surface area contributed by atoms with Gasteiger partial charge in [-0.25, -0.2) is 9.59 Å². The first-order valence-electron chi connectivity index (χ1n) is 13.1. The third-order valence-electron chi connectivity index (χ3n) is 9.88. The number of ether oxygens (including phenoxy) is 5. The van der Waals surface area contributed by atoms with Gasteiger partial charge in [-0.1, -0.05) is 13.8 Å². The van der Waals surface area contributed by atoms with Crippen LogP contribution >= 0.6 is 0 Å². The van der Waals surface area contributed by atoms with Gasteiger partial charge in [-0.3, -0.25) is 4.79 Å². The maximum atomic E-state index is 13.5. The molecule has 0 aromatic carbocycles. The number of hydrogen-bond donors (Lipinski definition) is 5. The minimum Gasteiger partial charge on any atom is -0.457 e. The van der Waals surface area contributed by atoms with Gasteiger partial charge in [0.2, 0.25) is 6.29 Å². The van der Waals surface area contributed by atoms with E-state index in [4.69, 9.17) is 23.7 Å². The van der Waals surface area contributed by atoms with Gasteiger partial charge in [0.1, 0.15) is 36.6 Å². The fourth-order valence-corrected chi connectivity index (χ4v) is 7.93. The lowest BCUT2D eigenvalue weighted by Crippen LogP contribution is -2.75. The van der Waals surface area contributed by atoms with Crippen molar-refractivity contribution in [3.05, 3.63) is 23.8 Å². The highest BCUT2D eigenvalue weighted by Gasteiger charge is 2.74. The standard InChI is InChI=1S/C26H32O13/c1-24-8-13(10-7-15(28)38-20(10)32)35-21(33)11(24)3-5-25(2)19(24)12-4-6-26(25,23(34)37-12)39-22-18(31)17(30)16(29)14(9-27)36-22/h4,6-7,11-14,16-20,22,27,29-32H,3,5,8-9H2,1-2H3/t11-,12+,13-,14+,16+,17-,18+,19-,20+,22-,24+,25+,26-/m0/s1. The number of rotatable bonds is 4. The molecule has 0 aromatic heterocycles. The van der Waals surface area contributed by atoms with Gasteiger partial charge in [0.05, 0.1) is 12.5 Å². The summed E-state index contributed by atoms with van der Waals surface area (Å²) in [6.45, 7) is 3.06. The molecule has 4 fully saturated rings. The van der Waals surface area contributed by atoms with Gasteiger partial charge in [-0.15, -0.1) is 0 Å². The Morgan fingerprint density at radius 1 is 1.03 bits per heavy atom. The van der Waals surface area contributed by atoms with Crippen LogP contribution in [0.25, 0.3) is 0 Å². The van der Waals surface area contributed by atoms with E-state index in [0.717, 1.165) is 6.08 Å². The molecule has 5 aliphatic heterocycles. The number of carbonyl (C=O) groups excluding carboxylic acids is 3. The van der Waals surface area contributed by atoms with Crippen LogP contribution in [0.5, 0.6) is 0 Å². The Kier molecular flexibility index (Phi) is 6.05. The van der Waals surface area contributed by atoms with Crippen molar-refractivity contribution in [2.45, 2.75) is 87.9 Å². The largest absolute Gasteiger partial charge is 0.457 e. The molecule has 0 unspecified atom stereocenters. The molecular formula is C26H32O13.